The minimum atomic E-state index is -4.51. The van der Waals surface area contributed by atoms with E-state index in [1.807, 2.05) is 0 Å². The van der Waals surface area contributed by atoms with Crippen molar-refractivity contribution in [2.45, 2.75) is 25.9 Å². The third-order valence-corrected chi connectivity index (χ3v) is 4.09. The topological polar surface area (TPSA) is 32.3 Å². The number of nitrogens with zero attached hydrogens (tertiary/aromatic N) is 1. The van der Waals surface area contributed by atoms with E-state index in [2.05, 4.69) is 28.2 Å². The van der Waals surface area contributed by atoms with Crippen molar-refractivity contribution in [2.75, 3.05) is 18.4 Å². The molecule has 2 amide bonds. The van der Waals surface area contributed by atoms with Crippen molar-refractivity contribution in [1.29, 1.82) is 0 Å². The number of piperidine rings is 1. The Morgan fingerprint density at radius 2 is 1.95 bits per heavy atom. The molecule has 1 N–H and O–H groups in total. The molecule has 3 nitrogen and oxygen atoms in total. The van der Waals surface area contributed by atoms with Crippen LogP contribution in [-0.2, 0) is 6.18 Å². The van der Waals surface area contributed by atoms with Crippen molar-refractivity contribution in [3.8, 4) is 0 Å². The van der Waals surface area contributed by atoms with E-state index in [-0.39, 0.29) is 5.69 Å². The average molecular weight is 365 g/mol. The number of carbonyl (C=O) groups excluding carboxylic acids is 1. The van der Waals surface area contributed by atoms with Gasteiger partial charge < -0.3 is 10.2 Å². The highest BCUT2D eigenvalue weighted by molar-refractivity contribution is 9.10. The molecule has 0 bridgehead atoms. The van der Waals surface area contributed by atoms with Crippen molar-refractivity contribution in [1.82, 2.24) is 4.90 Å². The molecule has 0 unspecified atom stereocenters. The van der Waals surface area contributed by atoms with E-state index in [0.29, 0.717) is 23.5 Å². The first kappa shape index (κ1) is 16.1. The van der Waals surface area contributed by atoms with Gasteiger partial charge in [0.05, 0.1) is 11.3 Å². The van der Waals surface area contributed by atoms with Crippen LogP contribution in [-0.4, -0.2) is 24.0 Å². The number of urea groups is 1. The summed E-state index contributed by atoms with van der Waals surface area (Å²) in [7, 11) is 0. The summed E-state index contributed by atoms with van der Waals surface area (Å²) in [6.07, 6.45) is -2.76. The standard InChI is InChI=1S/C14H16BrF3N2O/c1-9-4-6-20(7-5-9)13(21)19-12-3-2-10(15)8-11(12)14(16,17)18/h2-3,8-9H,4-7H2,1H3,(H,19,21). The molecule has 1 aliphatic rings. The molecular weight excluding hydrogens is 349 g/mol. The second-order valence-corrected chi connectivity index (χ2v) is 6.20. The van der Waals surface area contributed by atoms with Gasteiger partial charge in [0.1, 0.15) is 0 Å². The summed E-state index contributed by atoms with van der Waals surface area (Å²) < 4.78 is 39.3. The highest BCUT2D eigenvalue weighted by Gasteiger charge is 2.34. The van der Waals surface area contributed by atoms with Gasteiger partial charge in [-0.05, 0) is 37.0 Å². The molecule has 1 heterocycles. The molecule has 0 aliphatic carbocycles. The fourth-order valence-electron chi connectivity index (χ4n) is 2.27. The molecular formula is C14H16BrF3N2O. The lowest BCUT2D eigenvalue weighted by Crippen LogP contribution is -2.40. The Hall–Kier alpha value is -1.24. The number of alkyl halides is 3. The maximum atomic E-state index is 13.0. The smallest absolute Gasteiger partial charge is 0.325 e. The van der Waals surface area contributed by atoms with Crippen LogP contribution < -0.4 is 5.32 Å². The lowest BCUT2D eigenvalue weighted by atomic mass is 10.00. The number of hydrogen-bond acceptors (Lipinski definition) is 1. The minimum absolute atomic E-state index is 0.214. The van der Waals surface area contributed by atoms with Gasteiger partial charge in [-0.25, -0.2) is 4.79 Å². The SMILES string of the molecule is CC1CCN(C(=O)Nc2ccc(Br)cc2C(F)(F)F)CC1. The van der Waals surface area contributed by atoms with Gasteiger partial charge in [0.2, 0.25) is 0 Å². The van der Waals surface area contributed by atoms with Crippen molar-refractivity contribution in [2.24, 2.45) is 5.92 Å². The molecule has 0 saturated carbocycles. The van der Waals surface area contributed by atoms with Crippen molar-refractivity contribution in [3.63, 3.8) is 0 Å². The third-order valence-electron chi connectivity index (χ3n) is 3.60. The molecule has 1 aromatic carbocycles. The summed E-state index contributed by atoms with van der Waals surface area (Å²) in [5, 5.41) is 2.37. The van der Waals surface area contributed by atoms with Crippen molar-refractivity contribution in [3.05, 3.63) is 28.2 Å². The number of hydrogen-bond donors (Lipinski definition) is 1. The lowest BCUT2D eigenvalue weighted by Gasteiger charge is -2.30. The zero-order valence-corrected chi connectivity index (χ0v) is 13.1. The Bertz CT molecular complexity index is 525. The van der Waals surface area contributed by atoms with Crippen LogP contribution in [0, 0.1) is 5.92 Å². The molecule has 0 spiro atoms. The molecule has 2 rings (SSSR count). The van der Waals surface area contributed by atoms with E-state index in [0.717, 1.165) is 18.9 Å². The van der Waals surface area contributed by atoms with Gasteiger partial charge in [0.25, 0.3) is 0 Å². The Kier molecular flexibility index (Phi) is 4.81. The number of carbonyl (C=O) groups is 1. The van der Waals surface area contributed by atoms with Gasteiger partial charge in [-0.2, -0.15) is 13.2 Å². The van der Waals surface area contributed by atoms with Gasteiger partial charge in [-0.3, -0.25) is 0 Å². The second kappa shape index (κ2) is 6.25. The van der Waals surface area contributed by atoms with Crippen molar-refractivity contribution >= 4 is 27.6 Å². The van der Waals surface area contributed by atoms with E-state index in [9.17, 15) is 18.0 Å². The quantitative estimate of drug-likeness (QED) is 0.767. The number of nitrogens with one attached hydrogen (secondary N) is 1. The lowest BCUT2D eigenvalue weighted by molar-refractivity contribution is -0.137. The van der Waals surface area contributed by atoms with Crippen LogP contribution in [0.1, 0.15) is 25.3 Å². The molecule has 116 valence electrons. The first-order valence-electron chi connectivity index (χ1n) is 6.70. The number of halogens is 4. The zero-order valence-electron chi connectivity index (χ0n) is 11.5. The summed E-state index contributed by atoms with van der Waals surface area (Å²) >= 11 is 3.02. The molecule has 1 fully saturated rings. The predicted molar refractivity (Wildman–Crippen MR) is 78.1 cm³/mol. The molecule has 0 aromatic heterocycles. The van der Waals surface area contributed by atoms with Crippen LogP contribution >= 0.6 is 15.9 Å². The van der Waals surface area contributed by atoms with E-state index >= 15 is 0 Å². The summed E-state index contributed by atoms with van der Waals surface area (Å²) in [4.78, 5) is 13.6. The largest absolute Gasteiger partial charge is 0.418 e. The van der Waals surface area contributed by atoms with Gasteiger partial charge >= 0.3 is 12.2 Å². The highest BCUT2D eigenvalue weighted by Crippen LogP contribution is 2.36. The number of likely N-dealkylation sites (tertiary alicyclic amines) is 1. The van der Waals surface area contributed by atoms with Gasteiger partial charge in [-0.15, -0.1) is 0 Å². The van der Waals surface area contributed by atoms with Crippen LogP contribution in [0.4, 0.5) is 23.7 Å². The number of benzene rings is 1. The molecule has 0 radical (unpaired) electrons. The Morgan fingerprint density at radius 1 is 1.33 bits per heavy atom. The first-order valence-corrected chi connectivity index (χ1v) is 7.49. The average Bonchev–Trinajstić information content (AvgIpc) is 2.40. The van der Waals surface area contributed by atoms with Crippen LogP contribution in [0.2, 0.25) is 0 Å². The number of anilines is 1. The van der Waals surface area contributed by atoms with Crippen LogP contribution in [0.25, 0.3) is 0 Å². The molecule has 1 aromatic rings. The number of amides is 2. The Balaban J connectivity index is 2.14. The molecule has 7 heteroatoms. The summed E-state index contributed by atoms with van der Waals surface area (Å²) in [5.74, 6) is 0.549. The van der Waals surface area contributed by atoms with Crippen LogP contribution in [0.5, 0.6) is 0 Å². The highest BCUT2D eigenvalue weighted by atomic mass is 79.9. The summed E-state index contributed by atoms with van der Waals surface area (Å²) in [6.45, 7) is 3.25. The van der Waals surface area contributed by atoms with Crippen LogP contribution in [0.15, 0.2) is 22.7 Å². The second-order valence-electron chi connectivity index (χ2n) is 5.29. The van der Waals surface area contributed by atoms with Crippen molar-refractivity contribution < 1.29 is 18.0 Å². The number of rotatable bonds is 1. The zero-order chi connectivity index (χ0) is 15.6. The minimum Gasteiger partial charge on any atom is -0.325 e. The molecule has 21 heavy (non-hydrogen) atoms. The Labute approximate surface area is 129 Å². The van der Waals surface area contributed by atoms with Gasteiger partial charge in [0.15, 0.2) is 0 Å². The fraction of sp³-hybridized carbons (Fsp3) is 0.500. The first-order chi connectivity index (χ1) is 9.77. The van der Waals surface area contributed by atoms with E-state index < -0.39 is 17.8 Å². The molecule has 0 atom stereocenters. The maximum absolute atomic E-state index is 13.0. The molecule has 1 saturated heterocycles. The van der Waals surface area contributed by atoms with E-state index in [1.165, 1.54) is 12.1 Å². The third kappa shape index (κ3) is 4.12. The molecule has 1 aliphatic heterocycles. The monoisotopic (exact) mass is 364 g/mol. The normalized spacial score (nSPS) is 16.9. The van der Waals surface area contributed by atoms with Gasteiger partial charge in [0, 0.05) is 17.6 Å². The summed E-state index contributed by atoms with van der Waals surface area (Å²) in [6, 6.07) is 3.23. The Morgan fingerprint density at radius 3 is 2.52 bits per heavy atom. The van der Waals surface area contributed by atoms with Crippen LogP contribution in [0.3, 0.4) is 0 Å². The maximum Gasteiger partial charge on any atom is 0.418 e. The van der Waals surface area contributed by atoms with E-state index in [1.54, 1.807) is 4.90 Å². The fourth-order valence-corrected chi connectivity index (χ4v) is 2.63. The van der Waals surface area contributed by atoms with Gasteiger partial charge in [-0.1, -0.05) is 22.9 Å². The summed E-state index contributed by atoms with van der Waals surface area (Å²) in [5.41, 5.74) is -1.06. The predicted octanol–water partition coefficient (Wildman–Crippen LogP) is 4.73. The van der Waals surface area contributed by atoms with E-state index in [4.69, 9.17) is 0 Å².